The SMILES string of the molecule is CCCCCCCCN(CCCCCCCC)C[C@H]1O[C@@H](c2ccc(NC(=O)[C@@H]3CCCN3C(=O)C(F)(F)F)cc2)O[C@@H](c2ccc(CO)cc2)[C@H]1C. The first-order valence-corrected chi connectivity index (χ1v) is 20.1. The fourth-order valence-corrected chi connectivity index (χ4v) is 7.50. The van der Waals surface area contributed by atoms with Crippen molar-refractivity contribution >= 4 is 17.5 Å². The Morgan fingerprint density at radius 1 is 0.830 bits per heavy atom. The van der Waals surface area contributed by atoms with Crippen molar-refractivity contribution in [2.75, 3.05) is 31.5 Å². The zero-order valence-corrected chi connectivity index (χ0v) is 32.0. The fraction of sp³-hybridized carbons (Fsp3) is 0.667. The number of aliphatic hydroxyl groups is 1. The van der Waals surface area contributed by atoms with E-state index in [1.54, 1.807) is 24.3 Å². The minimum atomic E-state index is -5.03. The minimum Gasteiger partial charge on any atom is -0.392 e. The topological polar surface area (TPSA) is 91.3 Å². The number of rotatable bonds is 21. The van der Waals surface area contributed by atoms with E-state index in [0.29, 0.717) is 17.0 Å². The summed E-state index contributed by atoms with van der Waals surface area (Å²) < 4.78 is 52.8. The quantitative estimate of drug-likeness (QED) is 0.124. The van der Waals surface area contributed by atoms with Gasteiger partial charge in [-0.2, -0.15) is 13.2 Å². The number of unbranched alkanes of at least 4 members (excludes halogenated alkanes) is 10. The number of anilines is 1. The number of hydrogen-bond donors (Lipinski definition) is 2. The first-order valence-electron chi connectivity index (χ1n) is 20.1. The number of hydrogen-bond acceptors (Lipinski definition) is 6. The van der Waals surface area contributed by atoms with E-state index in [9.17, 15) is 27.9 Å². The predicted octanol–water partition coefficient (Wildman–Crippen LogP) is 9.49. The average Bonchev–Trinajstić information content (AvgIpc) is 3.65. The summed E-state index contributed by atoms with van der Waals surface area (Å²) >= 11 is 0. The lowest BCUT2D eigenvalue weighted by molar-refractivity contribution is -0.276. The summed E-state index contributed by atoms with van der Waals surface area (Å²) in [7, 11) is 0. The normalized spacial score (nSPS) is 22.0. The van der Waals surface area contributed by atoms with Gasteiger partial charge in [0.25, 0.3) is 0 Å². The number of nitrogens with one attached hydrogen (secondary N) is 1. The molecule has 2 aromatic rings. The number of ether oxygens (including phenoxy) is 2. The molecule has 53 heavy (non-hydrogen) atoms. The van der Waals surface area contributed by atoms with Crippen molar-refractivity contribution in [2.45, 2.75) is 148 Å². The van der Waals surface area contributed by atoms with Crippen LogP contribution in [0.4, 0.5) is 18.9 Å². The molecule has 5 atom stereocenters. The van der Waals surface area contributed by atoms with Gasteiger partial charge < -0.3 is 29.7 Å². The zero-order chi connectivity index (χ0) is 38.2. The summed E-state index contributed by atoms with van der Waals surface area (Å²) in [5.41, 5.74) is 2.99. The van der Waals surface area contributed by atoms with Gasteiger partial charge in [0.05, 0.1) is 18.8 Å². The Hall–Kier alpha value is -2.99. The molecule has 8 nitrogen and oxygen atoms in total. The Labute approximate surface area is 314 Å². The van der Waals surface area contributed by atoms with Gasteiger partial charge in [-0.25, -0.2) is 0 Å². The maximum atomic E-state index is 13.1. The summed E-state index contributed by atoms with van der Waals surface area (Å²) in [6.07, 6.45) is 9.26. The summed E-state index contributed by atoms with van der Waals surface area (Å²) in [5.74, 6) is -2.59. The predicted molar refractivity (Wildman–Crippen MR) is 202 cm³/mol. The number of amides is 2. The lowest BCUT2D eigenvalue weighted by Crippen LogP contribution is -2.48. The third kappa shape index (κ3) is 13.1. The molecule has 2 heterocycles. The van der Waals surface area contributed by atoms with Crippen LogP contribution < -0.4 is 5.32 Å². The van der Waals surface area contributed by atoms with E-state index in [2.05, 4.69) is 31.0 Å². The Balaban J connectivity index is 1.48. The van der Waals surface area contributed by atoms with Crippen molar-refractivity contribution in [1.82, 2.24) is 9.80 Å². The molecule has 0 radical (unpaired) electrons. The van der Waals surface area contributed by atoms with Crippen LogP contribution in [-0.4, -0.2) is 71.2 Å². The molecule has 2 saturated heterocycles. The van der Waals surface area contributed by atoms with Crippen LogP contribution in [0.2, 0.25) is 0 Å². The van der Waals surface area contributed by atoms with Gasteiger partial charge in [0.15, 0.2) is 6.29 Å². The van der Waals surface area contributed by atoms with E-state index in [1.807, 2.05) is 24.3 Å². The van der Waals surface area contributed by atoms with Gasteiger partial charge in [-0.3, -0.25) is 9.59 Å². The number of nitrogens with zero attached hydrogens (tertiary/aromatic N) is 2. The van der Waals surface area contributed by atoms with Crippen LogP contribution in [0.5, 0.6) is 0 Å². The standard InChI is InChI=1S/C42H62F3N3O5/c1-4-6-8-10-12-14-26-47(27-15-13-11-9-7-5-2)29-37-31(3)38(33-20-18-32(30-49)19-21-33)53-40(52-37)34-22-24-35(25-23-34)46-39(50)36-17-16-28-48(36)41(51)42(43,44)45/h18-25,31,36-38,40,49H,4-17,26-30H2,1-3H3,(H,46,50)/t31-,36-,37+,38+,40+/m0/s1. The average molecular weight is 746 g/mol. The summed E-state index contributed by atoms with van der Waals surface area (Å²) in [6, 6.07) is 13.6. The number of likely N-dealkylation sites (tertiary alicyclic amines) is 1. The van der Waals surface area contributed by atoms with Crippen LogP contribution in [0.3, 0.4) is 0 Å². The second-order valence-corrected chi connectivity index (χ2v) is 14.9. The molecule has 0 unspecified atom stereocenters. The van der Waals surface area contributed by atoms with Crippen molar-refractivity contribution in [3.63, 3.8) is 0 Å². The molecule has 2 aliphatic heterocycles. The molecule has 2 aliphatic rings. The fourth-order valence-electron chi connectivity index (χ4n) is 7.50. The van der Waals surface area contributed by atoms with Crippen molar-refractivity contribution in [3.05, 3.63) is 65.2 Å². The summed E-state index contributed by atoms with van der Waals surface area (Å²) in [4.78, 5) is 28.1. The van der Waals surface area contributed by atoms with Crippen LogP contribution in [0.1, 0.15) is 140 Å². The maximum absolute atomic E-state index is 13.1. The number of halogens is 3. The molecular weight excluding hydrogens is 683 g/mol. The van der Waals surface area contributed by atoms with Gasteiger partial charge >= 0.3 is 12.1 Å². The summed E-state index contributed by atoms with van der Waals surface area (Å²) in [5, 5.41) is 12.3. The monoisotopic (exact) mass is 745 g/mol. The molecule has 2 N–H and O–H groups in total. The highest BCUT2D eigenvalue weighted by Gasteiger charge is 2.47. The molecule has 0 aromatic heterocycles. The van der Waals surface area contributed by atoms with Gasteiger partial charge in [0.2, 0.25) is 5.91 Å². The molecule has 2 amide bonds. The largest absolute Gasteiger partial charge is 0.471 e. The lowest BCUT2D eigenvalue weighted by Gasteiger charge is -2.43. The first kappa shape index (κ1) is 42.7. The molecule has 0 aliphatic carbocycles. The van der Waals surface area contributed by atoms with Crippen molar-refractivity contribution in [3.8, 4) is 0 Å². The van der Waals surface area contributed by atoms with Crippen molar-refractivity contribution < 1.29 is 37.3 Å². The smallest absolute Gasteiger partial charge is 0.392 e. The molecule has 296 valence electrons. The number of carbonyl (C=O) groups is 2. The Bertz CT molecular complexity index is 1360. The first-order chi connectivity index (χ1) is 25.5. The van der Waals surface area contributed by atoms with Gasteiger partial charge in [0.1, 0.15) is 6.04 Å². The maximum Gasteiger partial charge on any atom is 0.471 e. The van der Waals surface area contributed by atoms with Gasteiger partial charge in [-0.1, -0.05) is 121 Å². The Kier molecular flexibility index (Phi) is 17.6. The number of carbonyl (C=O) groups excluding carboxylic acids is 2. The van der Waals surface area contributed by atoms with Gasteiger partial charge in [0, 0.05) is 30.3 Å². The van der Waals surface area contributed by atoms with Crippen molar-refractivity contribution in [2.24, 2.45) is 5.92 Å². The van der Waals surface area contributed by atoms with Crippen LogP contribution in [0, 0.1) is 5.92 Å². The van der Waals surface area contributed by atoms with Crippen LogP contribution in [0.25, 0.3) is 0 Å². The molecule has 0 spiro atoms. The van der Waals surface area contributed by atoms with E-state index in [0.717, 1.165) is 49.2 Å². The number of aliphatic hydroxyl groups excluding tert-OH is 1. The second kappa shape index (κ2) is 21.8. The van der Waals surface area contributed by atoms with Crippen LogP contribution in [0.15, 0.2) is 48.5 Å². The van der Waals surface area contributed by atoms with E-state index < -0.39 is 30.3 Å². The molecule has 2 aromatic carbocycles. The van der Waals surface area contributed by atoms with E-state index in [1.165, 1.54) is 64.2 Å². The van der Waals surface area contributed by atoms with Crippen LogP contribution >= 0.6 is 0 Å². The third-order valence-electron chi connectivity index (χ3n) is 10.7. The molecular formula is C42H62F3N3O5. The van der Waals surface area contributed by atoms with Gasteiger partial charge in [-0.15, -0.1) is 0 Å². The Morgan fingerprint density at radius 2 is 1.40 bits per heavy atom. The lowest BCUT2D eigenvalue weighted by atomic mass is 9.90. The zero-order valence-electron chi connectivity index (χ0n) is 32.0. The molecule has 0 saturated carbocycles. The minimum absolute atomic E-state index is 0.0372. The third-order valence-corrected chi connectivity index (χ3v) is 10.7. The van der Waals surface area contributed by atoms with E-state index >= 15 is 0 Å². The second-order valence-electron chi connectivity index (χ2n) is 14.9. The highest BCUT2D eigenvalue weighted by atomic mass is 19.4. The number of alkyl halides is 3. The highest BCUT2D eigenvalue weighted by Crippen LogP contribution is 2.42. The highest BCUT2D eigenvalue weighted by molar-refractivity contribution is 5.98. The van der Waals surface area contributed by atoms with E-state index in [4.69, 9.17) is 9.47 Å². The number of benzene rings is 2. The van der Waals surface area contributed by atoms with Crippen molar-refractivity contribution in [1.29, 1.82) is 0 Å². The molecule has 2 fully saturated rings. The van der Waals surface area contributed by atoms with Gasteiger partial charge in [-0.05, 0) is 62.0 Å². The summed E-state index contributed by atoms with van der Waals surface area (Å²) in [6.45, 7) is 9.33. The van der Waals surface area contributed by atoms with E-state index in [-0.39, 0.29) is 37.7 Å². The molecule has 11 heteroatoms. The Morgan fingerprint density at radius 3 is 1.96 bits per heavy atom. The molecule has 4 rings (SSSR count). The molecule has 0 bridgehead atoms. The van der Waals surface area contributed by atoms with Crippen LogP contribution in [-0.2, 0) is 25.7 Å².